The number of aromatic hydroxyl groups is 1. The molecule has 0 atom stereocenters. The van der Waals surface area contributed by atoms with Crippen molar-refractivity contribution in [1.29, 1.82) is 0 Å². The summed E-state index contributed by atoms with van der Waals surface area (Å²) in [6.07, 6.45) is 0. The first kappa shape index (κ1) is 16.9. The third-order valence-corrected chi connectivity index (χ3v) is 3.78. The SMILES string of the molecule is [C-]#[N+]c1ccc(O)c(C(=O)NC2=NCCN2)c1-c1cccc(F)c1[N+]#[C-]. The zero-order chi connectivity index (χ0) is 18.7. The number of halogens is 1. The van der Waals surface area contributed by atoms with Crippen LogP contribution in [-0.4, -0.2) is 30.1 Å². The van der Waals surface area contributed by atoms with Gasteiger partial charge in [0.2, 0.25) is 5.69 Å². The molecule has 8 heteroatoms. The highest BCUT2D eigenvalue weighted by atomic mass is 19.1. The van der Waals surface area contributed by atoms with Crippen molar-refractivity contribution in [2.75, 3.05) is 13.1 Å². The minimum Gasteiger partial charge on any atom is -0.507 e. The number of carbonyl (C=O) groups excluding carboxylic acids is 1. The van der Waals surface area contributed by atoms with Crippen molar-refractivity contribution in [1.82, 2.24) is 10.6 Å². The van der Waals surface area contributed by atoms with Gasteiger partial charge in [-0.1, -0.05) is 18.2 Å². The standard InChI is InChI=1S/C18H12FN5O2/c1-20-12-6-7-13(25)15(17(26)24-18-22-8-9-23-18)14(12)10-4-3-5-11(19)16(10)21-2/h3-7,25H,8-9H2,(H2,22,23,24,26). The molecule has 3 rings (SSSR count). The molecule has 1 amide bonds. The fraction of sp³-hybridized carbons (Fsp3) is 0.111. The monoisotopic (exact) mass is 349 g/mol. The van der Waals surface area contributed by atoms with Crippen molar-refractivity contribution in [3.8, 4) is 16.9 Å². The van der Waals surface area contributed by atoms with Gasteiger partial charge in [0.15, 0.2) is 11.6 Å². The highest BCUT2D eigenvalue weighted by Gasteiger charge is 2.25. The van der Waals surface area contributed by atoms with Crippen LogP contribution in [-0.2, 0) is 0 Å². The van der Waals surface area contributed by atoms with Gasteiger partial charge in [0.25, 0.3) is 5.91 Å². The van der Waals surface area contributed by atoms with Gasteiger partial charge < -0.3 is 10.4 Å². The number of rotatable bonds is 2. The van der Waals surface area contributed by atoms with Gasteiger partial charge in [-0.15, -0.1) is 0 Å². The fourth-order valence-electron chi connectivity index (χ4n) is 2.66. The summed E-state index contributed by atoms with van der Waals surface area (Å²) in [7, 11) is 0. The van der Waals surface area contributed by atoms with Gasteiger partial charge in [0, 0.05) is 6.54 Å². The van der Waals surface area contributed by atoms with Gasteiger partial charge in [0.1, 0.15) is 11.6 Å². The van der Waals surface area contributed by atoms with Gasteiger partial charge in [0.05, 0.1) is 25.3 Å². The van der Waals surface area contributed by atoms with Crippen LogP contribution >= 0.6 is 0 Å². The quantitative estimate of drug-likeness (QED) is 0.729. The largest absolute Gasteiger partial charge is 0.507 e. The number of para-hydroxylation sites is 1. The molecule has 7 nitrogen and oxygen atoms in total. The van der Waals surface area contributed by atoms with Crippen molar-refractivity contribution in [3.05, 3.63) is 64.5 Å². The van der Waals surface area contributed by atoms with Crippen molar-refractivity contribution < 1.29 is 14.3 Å². The van der Waals surface area contributed by atoms with E-state index in [2.05, 4.69) is 25.3 Å². The van der Waals surface area contributed by atoms with E-state index in [1.54, 1.807) is 0 Å². The summed E-state index contributed by atoms with van der Waals surface area (Å²) in [5, 5.41) is 15.6. The highest BCUT2D eigenvalue weighted by molar-refractivity contribution is 6.13. The number of aliphatic imine (C=N–C) groups is 1. The molecule has 2 aromatic rings. The number of carbonyl (C=O) groups is 1. The molecule has 0 aromatic heterocycles. The summed E-state index contributed by atoms with van der Waals surface area (Å²) in [5.74, 6) is -1.62. The Morgan fingerprint density at radius 2 is 2.08 bits per heavy atom. The summed E-state index contributed by atoms with van der Waals surface area (Å²) in [5.41, 5.74) is -0.460. The van der Waals surface area contributed by atoms with Crippen LogP contribution in [0.1, 0.15) is 10.4 Å². The third-order valence-electron chi connectivity index (χ3n) is 3.78. The molecular weight excluding hydrogens is 337 g/mol. The Balaban J connectivity index is 2.23. The minimum atomic E-state index is -0.773. The van der Waals surface area contributed by atoms with Crippen molar-refractivity contribution >= 4 is 23.2 Å². The first-order valence-electron chi connectivity index (χ1n) is 7.56. The summed E-state index contributed by atoms with van der Waals surface area (Å²) in [4.78, 5) is 23.3. The van der Waals surface area contributed by atoms with Crippen molar-refractivity contribution in [2.24, 2.45) is 4.99 Å². The molecule has 0 spiro atoms. The summed E-state index contributed by atoms with van der Waals surface area (Å²) >= 11 is 0. The number of amides is 1. The lowest BCUT2D eigenvalue weighted by atomic mass is 9.94. The van der Waals surface area contributed by atoms with Crippen molar-refractivity contribution in [3.63, 3.8) is 0 Å². The molecular formula is C18H12FN5O2. The molecule has 0 unspecified atom stereocenters. The van der Waals surface area contributed by atoms with Gasteiger partial charge >= 0.3 is 0 Å². The normalized spacial score (nSPS) is 12.5. The number of phenolic OH excluding ortho intramolecular Hbond substituents is 1. The molecule has 0 saturated heterocycles. The van der Waals surface area contributed by atoms with E-state index in [1.807, 2.05) is 0 Å². The molecule has 26 heavy (non-hydrogen) atoms. The molecule has 2 aromatic carbocycles. The molecule has 128 valence electrons. The molecule has 1 aliphatic rings. The number of hydrogen-bond donors (Lipinski definition) is 3. The van der Waals surface area contributed by atoms with Gasteiger partial charge in [-0.3, -0.25) is 15.1 Å². The molecule has 1 aliphatic heterocycles. The Morgan fingerprint density at radius 3 is 2.73 bits per heavy atom. The van der Waals surface area contributed by atoms with Gasteiger partial charge in [-0.25, -0.2) is 14.1 Å². The minimum absolute atomic E-state index is 0.00148. The Hall–Kier alpha value is -3.91. The van der Waals surface area contributed by atoms with E-state index in [1.165, 1.54) is 24.3 Å². The van der Waals surface area contributed by atoms with Crippen LogP contribution in [0.4, 0.5) is 15.8 Å². The second-order valence-electron chi connectivity index (χ2n) is 5.32. The van der Waals surface area contributed by atoms with Gasteiger partial charge in [-0.05, 0) is 23.3 Å². The van der Waals surface area contributed by atoms with E-state index < -0.39 is 11.7 Å². The van der Waals surface area contributed by atoms with E-state index in [-0.39, 0.29) is 39.8 Å². The summed E-state index contributed by atoms with van der Waals surface area (Å²) < 4.78 is 14.0. The smallest absolute Gasteiger partial charge is 0.260 e. The fourth-order valence-corrected chi connectivity index (χ4v) is 2.66. The van der Waals surface area contributed by atoms with Crippen LogP contribution in [0.15, 0.2) is 35.3 Å². The van der Waals surface area contributed by atoms with Crippen molar-refractivity contribution in [2.45, 2.75) is 0 Å². The highest BCUT2D eigenvalue weighted by Crippen LogP contribution is 2.43. The Bertz CT molecular complexity index is 1020. The van der Waals surface area contributed by atoms with E-state index in [0.717, 1.165) is 6.07 Å². The average molecular weight is 349 g/mol. The molecule has 1 heterocycles. The zero-order valence-corrected chi connectivity index (χ0v) is 13.4. The number of nitrogens with zero attached hydrogens (tertiary/aromatic N) is 3. The summed E-state index contributed by atoms with van der Waals surface area (Å²) in [6.45, 7) is 15.7. The molecule has 3 N–H and O–H groups in total. The van der Waals surface area contributed by atoms with E-state index in [4.69, 9.17) is 13.1 Å². The molecule has 0 fully saturated rings. The van der Waals surface area contributed by atoms with E-state index in [9.17, 15) is 14.3 Å². The second-order valence-corrected chi connectivity index (χ2v) is 5.32. The molecule has 0 aliphatic carbocycles. The topological polar surface area (TPSA) is 82.4 Å². The zero-order valence-electron chi connectivity index (χ0n) is 13.4. The number of guanidine groups is 1. The molecule has 0 bridgehead atoms. The average Bonchev–Trinajstić information content (AvgIpc) is 3.14. The Labute approximate surface area is 148 Å². The molecule has 0 saturated carbocycles. The first-order chi connectivity index (χ1) is 12.6. The Morgan fingerprint density at radius 1 is 1.27 bits per heavy atom. The molecule has 0 radical (unpaired) electrons. The predicted molar refractivity (Wildman–Crippen MR) is 93.8 cm³/mol. The van der Waals surface area contributed by atoms with E-state index in [0.29, 0.717) is 13.1 Å². The second kappa shape index (κ2) is 6.91. The van der Waals surface area contributed by atoms with Crippen LogP contribution in [0, 0.1) is 19.0 Å². The number of phenols is 1. The Kier molecular flexibility index (Phi) is 4.50. The van der Waals surface area contributed by atoms with E-state index >= 15 is 0 Å². The lowest BCUT2D eigenvalue weighted by molar-refractivity contribution is 0.0974. The lowest BCUT2D eigenvalue weighted by Crippen LogP contribution is -2.38. The third kappa shape index (κ3) is 2.92. The summed E-state index contributed by atoms with van der Waals surface area (Å²) in [6, 6.07) is 6.46. The predicted octanol–water partition coefficient (Wildman–Crippen LogP) is 2.99. The van der Waals surface area contributed by atoms with Gasteiger partial charge in [-0.2, -0.15) is 0 Å². The number of nitrogens with one attached hydrogen (secondary N) is 2. The van der Waals surface area contributed by atoms with Crippen LogP contribution in [0.2, 0.25) is 0 Å². The first-order valence-corrected chi connectivity index (χ1v) is 7.56. The maximum atomic E-state index is 14.0. The van der Waals surface area contributed by atoms with Crippen LogP contribution in [0.3, 0.4) is 0 Å². The van der Waals surface area contributed by atoms with Crippen LogP contribution < -0.4 is 10.6 Å². The number of benzene rings is 2. The maximum absolute atomic E-state index is 14.0. The lowest BCUT2D eigenvalue weighted by Gasteiger charge is -2.15. The number of hydrogen-bond acceptors (Lipinski definition) is 4. The van der Waals surface area contributed by atoms with Crippen LogP contribution in [0.5, 0.6) is 5.75 Å². The van der Waals surface area contributed by atoms with Crippen LogP contribution in [0.25, 0.3) is 20.8 Å². The maximum Gasteiger partial charge on any atom is 0.260 e.